The summed E-state index contributed by atoms with van der Waals surface area (Å²) in [6.07, 6.45) is 1.73. The molecule has 19 heavy (non-hydrogen) atoms. The minimum atomic E-state index is 0.0945. The number of nitrogens with one attached hydrogen (secondary N) is 2. The van der Waals surface area contributed by atoms with Crippen LogP contribution in [0.15, 0.2) is 17.6 Å². The molecule has 2 heterocycles. The summed E-state index contributed by atoms with van der Waals surface area (Å²) in [7, 11) is 1.84. The van der Waals surface area contributed by atoms with E-state index in [0.29, 0.717) is 12.5 Å². The Morgan fingerprint density at radius 2 is 2.05 bits per heavy atom. The lowest BCUT2D eigenvalue weighted by atomic mass is 9.93. The Bertz CT molecular complexity index is 544. The van der Waals surface area contributed by atoms with Crippen LogP contribution in [-0.2, 0) is 12.0 Å². The van der Waals surface area contributed by atoms with E-state index in [1.807, 2.05) is 13.1 Å². The third kappa shape index (κ3) is 3.64. The van der Waals surface area contributed by atoms with Crippen molar-refractivity contribution >= 4 is 23.1 Å². The van der Waals surface area contributed by atoms with Crippen molar-refractivity contribution in [1.82, 2.24) is 15.0 Å². The Morgan fingerprint density at radius 3 is 2.68 bits per heavy atom. The van der Waals surface area contributed by atoms with E-state index >= 15 is 0 Å². The van der Waals surface area contributed by atoms with Crippen LogP contribution in [0.4, 0.5) is 11.8 Å². The second-order valence-electron chi connectivity index (χ2n) is 5.25. The van der Waals surface area contributed by atoms with Crippen molar-refractivity contribution in [3.63, 3.8) is 0 Å². The minimum Gasteiger partial charge on any atom is -0.373 e. The topological polar surface area (TPSA) is 62.7 Å². The summed E-state index contributed by atoms with van der Waals surface area (Å²) in [5, 5.41) is 9.33. The quantitative estimate of drug-likeness (QED) is 0.899. The summed E-state index contributed by atoms with van der Waals surface area (Å²) in [4.78, 5) is 13.1. The fourth-order valence-corrected chi connectivity index (χ4v) is 2.43. The summed E-state index contributed by atoms with van der Waals surface area (Å²) in [5.41, 5.74) is 1.22. The molecule has 0 radical (unpaired) electrons. The number of nitrogens with zero attached hydrogens (tertiary/aromatic N) is 3. The smallest absolute Gasteiger partial charge is 0.224 e. The van der Waals surface area contributed by atoms with E-state index in [2.05, 4.69) is 51.7 Å². The van der Waals surface area contributed by atoms with Crippen molar-refractivity contribution < 1.29 is 0 Å². The standard InChI is InChI=1S/C13H19N5S/c1-13(2,3)9-8-19-11(17-9)7-16-12-15-6-5-10(14-4)18-12/h5-6,8H,7H2,1-4H3,(H2,14,15,16,18). The van der Waals surface area contributed by atoms with Gasteiger partial charge in [0.1, 0.15) is 10.8 Å². The average molecular weight is 277 g/mol. The normalized spacial score (nSPS) is 11.4. The monoisotopic (exact) mass is 277 g/mol. The molecule has 0 aromatic carbocycles. The van der Waals surface area contributed by atoms with E-state index in [9.17, 15) is 0 Å². The zero-order valence-electron chi connectivity index (χ0n) is 11.7. The molecule has 0 aliphatic carbocycles. The Kier molecular flexibility index (Phi) is 3.99. The van der Waals surface area contributed by atoms with E-state index in [0.717, 1.165) is 16.5 Å². The summed E-state index contributed by atoms with van der Waals surface area (Å²) in [5.74, 6) is 1.41. The van der Waals surface area contributed by atoms with Crippen molar-refractivity contribution in [1.29, 1.82) is 0 Å². The molecule has 0 atom stereocenters. The lowest BCUT2D eigenvalue weighted by Crippen LogP contribution is -2.12. The van der Waals surface area contributed by atoms with Crippen molar-refractivity contribution in [3.8, 4) is 0 Å². The van der Waals surface area contributed by atoms with Crippen LogP contribution in [-0.4, -0.2) is 22.0 Å². The first kappa shape index (κ1) is 13.7. The van der Waals surface area contributed by atoms with Crippen LogP contribution in [0.25, 0.3) is 0 Å². The van der Waals surface area contributed by atoms with Gasteiger partial charge in [0.25, 0.3) is 0 Å². The first-order valence-electron chi connectivity index (χ1n) is 6.18. The molecule has 0 saturated carbocycles. The summed E-state index contributed by atoms with van der Waals surface area (Å²) in [6.45, 7) is 7.14. The van der Waals surface area contributed by atoms with Gasteiger partial charge in [-0.15, -0.1) is 11.3 Å². The molecule has 0 aliphatic rings. The highest BCUT2D eigenvalue weighted by atomic mass is 32.1. The molecular weight excluding hydrogens is 258 g/mol. The lowest BCUT2D eigenvalue weighted by Gasteiger charge is -2.14. The first-order chi connectivity index (χ1) is 8.99. The van der Waals surface area contributed by atoms with Gasteiger partial charge in [-0.3, -0.25) is 0 Å². The van der Waals surface area contributed by atoms with Crippen LogP contribution in [0.3, 0.4) is 0 Å². The van der Waals surface area contributed by atoms with Crippen LogP contribution in [0.5, 0.6) is 0 Å². The number of rotatable bonds is 4. The van der Waals surface area contributed by atoms with Crippen molar-refractivity contribution in [3.05, 3.63) is 28.3 Å². The average Bonchev–Trinajstić information content (AvgIpc) is 2.85. The van der Waals surface area contributed by atoms with E-state index < -0.39 is 0 Å². The fourth-order valence-electron chi connectivity index (χ4n) is 1.47. The van der Waals surface area contributed by atoms with Crippen molar-refractivity contribution in [2.45, 2.75) is 32.7 Å². The zero-order valence-corrected chi connectivity index (χ0v) is 12.5. The van der Waals surface area contributed by atoms with Gasteiger partial charge in [-0.05, 0) is 6.07 Å². The van der Waals surface area contributed by atoms with Gasteiger partial charge in [0.05, 0.1) is 12.2 Å². The van der Waals surface area contributed by atoms with Crippen LogP contribution >= 0.6 is 11.3 Å². The van der Waals surface area contributed by atoms with Gasteiger partial charge in [0.2, 0.25) is 5.95 Å². The van der Waals surface area contributed by atoms with Gasteiger partial charge in [-0.1, -0.05) is 20.8 Å². The van der Waals surface area contributed by atoms with E-state index in [1.165, 1.54) is 0 Å². The van der Waals surface area contributed by atoms with Gasteiger partial charge in [-0.25, -0.2) is 9.97 Å². The third-order valence-corrected chi connectivity index (χ3v) is 3.48. The number of anilines is 2. The van der Waals surface area contributed by atoms with Crippen molar-refractivity contribution in [2.24, 2.45) is 0 Å². The van der Waals surface area contributed by atoms with Gasteiger partial charge in [0.15, 0.2) is 0 Å². The highest BCUT2D eigenvalue weighted by Gasteiger charge is 2.17. The fraction of sp³-hybridized carbons (Fsp3) is 0.462. The molecule has 0 spiro atoms. The number of hydrogen-bond donors (Lipinski definition) is 2. The molecular formula is C13H19N5S. The molecule has 0 unspecified atom stereocenters. The van der Waals surface area contributed by atoms with Crippen LogP contribution in [0.2, 0.25) is 0 Å². The molecule has 0 aliphatic heterocycles. The maximum atomic E-state index is 4.62. The van der Waals surface area contributed by atoms with E-state index in [4.69, 9.17) is 0 Å². The first-order valence-corrected chi connectivity index (χ1v) is 7.06. The molecule has 0 fully saturated rings. The maximum Gasteiger partial charge on any atom is 0.224 e. The molecule has 0 amide bonds. The second-order valence-corrected chi connectivity index (χ2v) is 6.19. The molecule has 2 aromatic rings. The molecule has 5 nitrogen and oxygen atoms in total. The molecule has 0 bridgehead atoms. The largest absolute Gasteiger partial charge is 0.373 e. The lowest BCUT2D eigenvalue weighted by molar-refractivity contribution is 0.571. The van der Waals surface area contributed by atoms with Crippen molar-refractivity contribution in [2.75, 3.05) is 17.7 Å². The Balaban J connectivity index is 2.00. The summed E-state index contributed by atoms with van der Waals surface area (Å²) < 4.78 is 0. The second kappa shape index (κ2) is 5.52. The minimum absolute atomic E-state index is 0.0945. The van der Waals surface area contributed by atoms with Gasteiger partial charge < -0.3 is 10.6 Å². The van der Waals surface area contributed by atoms with Crippen LogP contribution in [0, 0.1) is 0 Å². The summed E-state index contributed by atoms with van der Waals surface area (Å²) in [6, 6.07) is 1.83. The maximum absolute atomic E-state index is 4.62. The zero-order chi connectivity index (χ0) is 13.9. The molecule has 0 saturated heterocycles. The Hall–Kier alpha value is -1.69. The molecule has 2 N–H and O–H groups in total. The highest BCUT2D eigenvalue weighted by Crippen LogP contribution is 2.24. The number of hydrogen-bond acceptors (Lipinski definition) is 6. The van der Waals surface area contributed by atoms with Gasteiger partial charge in [-0.2, -0.15) is 4.98 Å². The predicted molar refractivity (Wildman–Crippen MR) is 79.7 cm³/mol. The molecule has 6 heteroatoms. The van der Waals surface area contributed by atoms with Gasteiger partial charge >= 0.3 is 0 Å². The van der Waals surface area contributed by atoms with E-state index in [1.54, 1.807) is 17.5 Å². The number of thiazole rings is 1. The number of aromatic nitrogens is 3. The molecule has 2 aromatic heterocycles. The highest BCUT2D eigenvalue weighted by molar-refractivity contribution is 7.09. The molecule has 2 rings (SSSR count). The molecule has 102 valence electrons. The van der Waals surface area contributed by atoms with E-state index in [-0.39, 0.29) is 5.41 Å². The Morgan fingerprint density at radius 1 is 1.26 bits per heavy atom. The summed E-state index contributed by atoms with van der Waals surface area (Å²) >= 11 is 1.66. The van der Waals surface area contributed by atoms with Crippen LogP contribution < -0.4 is 10.6 Å². The van der Waals surface area contributed by atoms with Crippen LogP contribution in [0.1, 0.15) is 31.5 Å². The third-order valence-electron chi connectivity index (χ3n) is 2.63. The van der Waals surface area contributed by atoms with Gasteiger partial charge in [0, 0.05) is 24.0 Å². The SMILES string of the molecule is CNc1ccnc(NCc2nc(C(C)(C)C)cs2)n1. The Labute approximate surface area is 117 Å². The predicted octanol–water partition coefficient (Wildman–Crippen LogP) is 2.88.